The molecule has 1 aliphatic rings. The lowest BCUT2D eigenvalue weighted by molar-refractivity contribution is -0.157. The highest BCUT2D eigenvalue weighted by atomic mass is 35.5. The molecule has 0 atom stereocenters. The van der Waals surface area contributed by atoms with Crippen LogP contribution in [0.5, 0.6) is 0 Å². The van der Waals surface area contributed by atoms with Gasteiger partial charge in [-0.2, -0.15) is 0 Å². The minimum atomic E-state index is -0.897. The third kappa shape index (κ3) is 2.04. The van der Waals surface area contributed by atoms with Gasteiger partial charge in [-0.3, -0.25) is 0 Å². The van der Waals surface area contributed by atoms with Crippen LogP contribution >= 0.6 is 11.6 Å². The van der Waals surface area contributed by atoms with Crippen LogP contribution in [0, 0.1) is 0 Å². The summed E-state index contributed by atoms with van der Waals surface area (Å²) in [6.45, 7) is 0. The van der Waals surface area contributed by atoms with E-state index in [0.717, 1.165) is 11.8 Å². The van der Waals surface area contributed by atoms with Crippen molar-refractivity contribution in [3.05, 3.63) is 47.4 Å². The summed E-state index contributed by atoms with van der Waals surface area (Å²) in [6.07, 6.45) is 4.63. The van der Waals surface area contributed by atoms with Gasteiger partial charge in [0.1, 0.15) is 18.8 Å². The molecule has 3 nitrogen and oxygen atoms in total. The zero-order valence-corrected chi connectivity index (χ0v) is 9.31. The van der Waals surface area contributed by atoms with E-state index in [1.165, 1.54) is 12.5 Å². The second kappa shape index (κ2) is 4.58. The molecule has 2 rings (SSSR count). The SMILES string of the molecule is O=CCCC1(c2cccc(Cl)c2)OC=CO1. The number of carbonyl (C=O) groups is 1. The van der Waals surface area contributed by atoms with E-state index in [-0.39, 0.29) is 0 Å². The van der Waals surface area contributed by atoms with Crippen molar-refractivity contribution >= 4 is 17.9 Å². The minimum Gasteiger partial charge on any atom is -0.453 e. The van der Waals surface area contributed by atoms with Crippen LogP contribution in [0.4, 0.5) is 0 Å². The third-order valence-corrected chi connectivity index (χ3v) is 2.66. The molecule has 0 radical (unpaired) electrons. The summed E-state index contributed by atoms with van der Waals surface area (Å²) >= 11 is 5.92. The van der Waals surface area contributed by atoms with Gasteiger partial charge < -0.3 is 14.3 Å². The van der Waals surface area contributed by atoms with Crippen LogP contribution in [-0.2, 0) is 20.1 Å². The molecule has 0 saturated heterocycles. The van der Waals surface area contributed by atoms with Gasteiger partial charge in [-0.05, 0) is 12.1 Å². The van der Waals surface area contributed by atoms with Gasteiger partial charge in [0, 0.05) is 23.4 Å². The van der Waals surface area contributed by atoms with Gasteiger partial charge in [-0.15, -0.1) is 0 Å². The largest absolute Gasteiger partial charge is 0.453 e. The Labute approximate surface area is 98.6 Å². The topological polar surface area (TPSA) is 35.5 Å². The standard InChI is InChI=1S/C12H11ClO3/c13-11-4-1-3-10(9-11)12(5-2-6-14)15-7-8-16-12/h1,3-4,6-9H,2,5H2. The van der Waals surface area contributed by atoms with Crippen molar-refractivity contribution in [3.8, 4) is 0 Å². The molecule has 0 saturated carbocycles. The number of ether oxygens (including phenoxy) is 2. The number of rotatable bonds is 4. The molecule has 0 amide bonds. The van der Waals surface area contributed by atoms with Crippen LogP contribution in [0.1, 0.15) is 18.4 Å². The van der Waals surface area contributed by atoms with Crippen LogP contribution < -0.4 is 0 Å². The molecule has 1 heterocycles. The van der Waals surface area contributed by atoms with E-state index in [4.69, 9.17) is 21.1 Å². The Bertz CT molecular complexity index is 406. The summed E-state index contributed by atoms with van der Waals surface area (Å²) in [7, 11) is 0. The van der Waals surface area contributed by atoms with E-state index in [9.17, 15) is 4.79 Å². The molecule has 0 fully saturated rings. The lowest BCUT2D eigenvalue weighted by atomic mass is 10.0. The van der Waals surface area contributed by atoms with Gasteiger partial charge in [-0.1, -0.05) is 23.7 Å². The number of hydrogen-bond donors (Lipinski definition) is 0. The van der Waals surface area contributed by atoms with Gasteiger partial charge in [0.25, 0.3) is 5.79 Å². The van der Waals surface area contributed by atoms with Crippen LogP contribution in [0.3, 0.4) is 0 Å². The van der Waals surface area contributed by atoms with Crippen molar-refractivity contribution < 1.29 is 14.3 Å². The molecular formula is C12H11ClO3. The predicted octanol–water partition coefficient (Wildman–Crippen LogP) is 2.99. The maximum atomic E-state index is 10.4. The molecule has 16 heavy (non-hydrogen) atoms. The van der Waals surface area contributed by atoms with E-state index >= 15 is 0 Å². The quantitative estimate of drug-likeness (QED) is 0.757. The average molecular weight is 239 g/mol. The van der Waals surface area contributed by atoms with Crippen molar-refractivity contribution in [3.63, 3.8) is 0 Å². The summed E-state index contributed by atoms with van der Waals surface area (Å²) in [5.41, 5.74) is 0.812. The van der Waals surface area contributed by atoms with Crippen molar-refractivity contribution in [2.45, 2.75) is 18.6 Å². The molecule has 0 bridgehead atoms. The highest BCUT2D eigenvalue weighted by molar-refractivity contribution is 6.30. The minimum absolute atomic E-state index is 0.369. The number of halogens is 1. The summed E-state index contributed by atoms with van der Waals surface area (Å²) < 4.78 is 10.9. The fraction of sp³-hybridized carbons (Fsp3) is 0.250. The van der Waals surface area contributed by atoms with Gasteiger partial charge in [0.15, 0.2) is 0 Å². The maximum Gasteiger partial charge on any atom is 0.277 e. The summed E-state index contributed by atoms with van der Waals surface area (Å²) in [5, 5.41) is 0.613. The van der Waals surface area contributed by atoms with Crippen LogP contribution in [0.15, 0.2) is 36.8 Å². The van der Waals surface area contributed by atoms with Gasteiger partial charge in [0.05, 0.1) is 0 Å². The van der Waals surface area contributed by atoms with E-state index in [2.05, 4.69) is 0 Å². The maximum absolute atomic E-state index is 10.4. The Kier molecular flexibility index (Phi) is 3.15. The molecule has 1 aromatic rings. The summed E-state index contributed by atoms with van der Waals surface area (Å²) in [4.78, 5) is 10.4. The molecular weight excluding hydrogens is 228 g/mol. The first-order chi connectivity index (χ1) is 7.77. The average Bonchev–Trinajstić information content (AvgIpc) is 2.76. The van der Waals surface area contributed by atoms with Crippen LogP contribution in [0.25, 0.3) is 0 Å². The molecule has 84 valence electrons. The van der Waals surface area contributed by atoms with Crippen molar-refractivity contribution in [1.29, 1.82) is 0 Å². The van der Waals surface area contributed by atoms with Gasteiger partial charge in [0.2, 0.25) is 0 Å². The van der Waals surface area contributed by atoms with E-state index < -0.39 is 5.79 Å². The Hall–Kier alpha value is -1.48. The second-order valence-electron chi connectivity index (χ2n) is 3.48. The fourth-order valence-corrected chi connectivity index (χ4v) is 1.87. The molecule has 0 aromatic heterocycles. The second-order valence-corrected chi connectivity index (χ2v) is 3.91. The smallest absolute Gasteiger partial charge is 0.277 e. The normalized spacial score (nSPS) is 16.6. The fourth-order valence-electron chi connectivity index (χ4n) is 1.68. The van der Waals surface area contributed by atoms with Gasteiger partial charge >= 0.3 is 0 Å². The molecule has 0 aliphatic carbocycles. The number of hydrogen-bond acceptors (Lipinski definition) is 3. The molecule has 0 unspecified atom stereocenters. The highest BCUT2D eigenvalue weighted by Crippen LogP contribution is 2.37. The molecule has 4 heteroatoms. The van der Waals surface area contributed by atoms with Crippen molar-refractivity contribution in [1.82, 2.24) is 0 Å². The molecule has 0 spiro atoms. The Morgan fingerprint density at radius 2 is 2.06 bits per heavy atom. The van der Waals surface area contributed by atoms with Gasteiger partial charge in [-0.25, -0.2) is 0 Å². The first-order valence-corrected chi connectivity index (χ1v) is 5.35. The van der Waals surface area contributed by atoms with Crippen LogP contribution in [-0.4, -0.2) is 6.29 Å². The predicted molar refractivity (Wildman–Crippen MR) is 59.7 cm³/mol. The molecule has 0 N–H and O–H groups in total. The number of aldehydes is 1. The summed E-state index contributed by atoms with van der Waals surface area (Å²) in [6, 6.07) is 7.25. The number of benzene rings is 1. The highest BCUT2D eigenvalue weighted by Gasteiger charge is 2.37. The summed E-state index contributed by atoms with van der Waals surface area (Å²) in [5.74, 6) is -0.897. The molecule has 1 aliphatic heterocycles. The van der Waals surface area contributed by atoms with E-state index in [1.807, 2.05) is 12.1 Å². The first kappa shape index (κ1) is 11.0. The first-order valence-electron chi connectivity index (χ1n) is 4.97. The monoisotopic (exact) mass is 238 g/mol. The lowest BCUT2D eigenvalue weighted by Gasteiger charge is -2.27. The Morgan fingerprint density at radius 3 is 2.69 bits per heavy atom. The van der Waals surface area contributed by atoms with Crippen molar-refractivity contribution in [2.75, 3.05) is 0 Å². The Morgan fingerprint density at radius 1 is 1.31 bits per heavy atom. The van der Waals surface area contributed by atoms with Crippen LogP contribution in [0.2, 0.25) is 5.02 Å². The van der Waals surface area contributed by atoms with Crippen molar-refractivity contribution in [2.24, 2.45) is 0 Å². The third-order valence-electron chi connectivity index (χ3n) is 2.43. The zero-order chi connectivity index (χ0) is 11.4. The van der Waals surface area contributed by atoms with E-state index in [1.54, 1.807) is 12.1 Å². The zero-order valence-electron chi connectivity index (χ0n) is 8.56. The lowest BCUT2D eigenvalue weighted by Crippen LogP contribution is -2.27. The Balaban J connectivity index is 2.28. The van der Waals surface area contributed by atoms with E-state index in [0.29, 0.717) is 17.9 Å². The molecule has 1 aromatic carbocycles. The number of carbonyl (C=O) groups excluding carboxylic acids is 1.